The van der Waals surface area contributed by atoms with E-state index in [-0.39, 0.29) is 10.6 Å². The summed E-state index contributed by atoms with van der Waals surface area (Å²) >= 11 is 11.0. The average molecular weight is 347 g/mol. The van der Waals surface area contributed by atoms with Crippen LogP contribution in [0.15, 0.2) is 34.1 Å². The lowest BCUT2D eigenvalue weighted by Crippen LogP contribution is -2.01. The first-order valence-electron chi connectivity index (χ1n) is 5.06. The molecule has 3 nitrogen and oxygen atoms in total. The summed E-state index contributed by atoms with van der Waals surface area (Å²) in [6, 6.07) is 6.81. The first-order chi connectivity index (χ1) is 8.58. The Morgan fingerprint density at radius 1 is 1.44 bits per heavy atom. The molecule has 1 heterocycles. The van der Waals surface area contributed by atoms with Crippen LogP contribution < -0.4 is 5.32 Å². The van der Waals surface area contributed by atoms with Crippen molar-refractivity contribution >= 4 is 50.5 Å². The minimum atomic E-state index is -1.02. The van der Waals surface area contributed by atoms with E-state index in [9.17, 15) is 4.79 Å². The van der Waals surface area contributed by atoms with Gasteiger partial charge < -0.3 is 10.4 Å². The van der Waals surface area contributed by atoms with Gasteiger partial charge in [0.1, 0.15) is 0 Å². The van der Waals surface area contributed by atoms with Gasteiger partial charge in [0.05, 0.1) is 17.1 Å². The number of rotatable bonds is 4. The van der Waals surface area contributed by atoms with Crippen LogP contribution in [0.3, 0.4) is 0 Å². The van der Waals surface area contributed by atoms with Gasteiger partial charge >= 0.3 is 5.97 Å². The lowest BCUT2D eigenvalue weighted by molar-refractivity contribution is 0.0697. The molecule has 2 aromatic rings. The van der Waals surface area contributed by atoms with Crippen LogP contribution in [0.2, 0.25) is 5.02 Å². The molecule has 0 aliphatic carbocycles. The van der Waals surface area contributed by atoms with E-state index < -0.39 is 5.97 Å². The van der Waals surface area contributed by atoms with Gasteiger partial charge in [0.25, 0.3) is 0 Å². The number of halogens is 2. The predicted octanol–water partition coefficient (Wildman–Crippen LogP) is 4.47. The Hall–Kier alpha value is -1.04. The molecule has 18 heavy (non-hydrogen) atoms. The van der Waals surface area contributed by atoms with E-state index in [1.165, 1.54) is 10.9 Å². The molecule has 6 heteroatoms. The summed E-state index contributed by atoms with van der Waals surface area (Å²) in [5, 5.41) is 14.3. The second-order valence-electron chi connectivity index (χ2n) is 3.55. The van der Waals surface area contributed by atoms with E-state index in [0.29, 0.717) is 6.54 Å². The van der Waals surface area contributed by atoms with Crippen LogP contribution >= 0.6 is 38.9 Å². The number of aromatic carboxylic acids is 1. The quantitative estimate of drug-likeness (QED) is 0.858. The number of carbonyl (C=O) groups is 1. The van der Waals surface area contributed by atoms with Crippen molar-refractivity contribution in [3.63, 3.8) is 0 Å². The fraction of sp³-hybridized carbons (Fsp3) is 0.0833. The number of carboxylic acid groups (broad SMARTS) is 1. The molecule has 1 aromatic carbocycles. The lowest BCUT2D eigenvalue weighted by Gasteiger charge is -2.07. The van der Waals surface area contributed by atoms with Crippen molar-refractivity contribution in [2.24, 2.45) is 0 Å². The van der Waals surface area contributed by atoms with Gasteiger partial charge in [-0.25, -0.2) is 4.79 Å². The summed E-state index contributed by atoms with van der Waals surface area (Å²) in [7, 11) is 0. The topological polar surface area (TPSA) is 49.3 Å². The van der Waals surface area contributed by atoms with Crippen LogP contribution in [0.5, 0.6) is 0 Å². The number of nitrogens with one attached hydrogen (secondary N) is 1. The predicted molar refractivity (Wildman–Crippen MR) is 77.8 cm³/mol. The molecule has 0 bridgehead atoms. The number of hydrogen-bond donors (Lipinski definition) is 2. The molecule has 0 atom stereocenters. The van der Waals surface area contributed by atoms with Gasteiger partial charge in [0.2, 0.25) is 0 Å². The van der Waals surface area contributed by atoms with Gasteiger partial charge in [-0.15, -0.1) is 11.3 Å². The first kappa shape index (κ1) is 13.4. The van der Waals surface area contributed by atoms with E-state index in [1.807, 2.05) is 11.4 Å². The third-order valence-electron chi connectivity index (χ3n) is 2.34. The Kier molecular flexibility index (Phi) is 4.27. The molecule has 0 fully saturated rings. The van der Waals surface area contributed by atoms with Crippen molar-refractivity contribution < 1.29 is 9.90 Å². The molecule has 0 unspecified atom stereocenters. The highest BCUT2D eigenvalue weighted by Crippen LogP contribution is 2.25. The lowest BCUT2D eigenvalue weighted by atomic mass is 10.2. The minimum absolute atomic E-state index is 0.111. The zero-order valence-corrected chi connectivity index (χ0v) is 12.3. The van der Waals surface area contributed by atoms with Crippen LogP contribution in [0.4, 0.5) is 5.69 Å². The van der Waals surface area contributed by atoms with Gasteiger partial charge in [-0.1, -0.05) is 11.6 Å². The Bertz CT molecular complexity index is 585. The molecule has 94 valence electrons. The highest BCUT2D eigenvalue weighted by Gasteiger charge is 2.09. The molecular weight excluding hydrogens is 338 g/mol. The highest BCUT2D eigenvalue weighted by molar-refractivity contribution is 9.10. The van der Waals surface area contributed by atoms with Gasteiger partial charge in [-0.3, -0.25) is 0 Å². The highest BCUT2D eigenvalue weighted by atomic mass is 79.9. The van der Waals surface area contributed by atoms with E-state index in [1.54, 1.807) is 23.5 Å². The number of anilines is 1. The zero-order valence-electron chi connectivity index (χ0n) is 9.11. The number of benzene rings is 1. The van der Waals surface area contributed by atoms with Crippen molar-refractivity contribution in [2.75, 3.05) is 5.32 Å². The van der Waals surface area contributed by atoms with Crippen molar-refractivity contribution in [2.45, 2.75) is 6.54 Å². The number of thiophene rings is 1. The molecule has 0 saturated heterocycles. The van der Waals surface area contributed by atoms with Gasteiger partial charge in [-0.05, 0) is 45.6 Å². The summed E-state index contributed by atoms with van der Waals surface area (Å²) < 4.78 is 1.06. The van der Waals surface area contributed by atoms with Crippen LogP contribution in [0, 0.1) is 0 Å². The first-order valence-corrected chi connectivity index (χ1v) is 7.11. The summed E-state index contributed by atoms with van der Waals surface area (Å²) in [4.78, 5) is 12.0. The van der Waals surface area contributed by atoms with Crippen molar-refractivity contribution in [3.05, 3.63) is 49.6 Å². The van der Waals surface area contributed by atoms with E-state index >= 15 is 0 Å². The molecule has 0 aliphatic rings. The third kappa shape index (κ3) is 3.04. The van der Waals surface area contributed by atoms with E-state index in [4.69, 9.17) is 16.7 Å². The van der Waals surface area contributed by atoms with E-state index in [0.717, 1.165) is 10.2 Å². The number of carboxylic acids is 1. The molecular formula is C12H9BrClNO2S. The maximum Gasteiger partial charge on any atom is 0.337 e. The Balaban J connectivity index is 2.09. The normalized spacial score (nSPS) is 10.3. The fourth-order valence-corrected chi connectivity index (χ4v) is 3.13. The van der Waals surface area contributed by atoms with Crippen LogP contribution in [-0.2, 0) is 6.54 Å². The minimum Gasteiger partial charge on any atom is -0.478 e. The molecule has 2 rings (SSSR count). The van der Waals surface area contributed by atoms with Crippen LogP contribution in [-0.4, -0.2) is 11.1 Å². The monoisotopic (exact) mass is 345 g/mol. The molecule has 0 radical (unpaired) electrons. The molecule has 1 aromatic heterocycles. The largest absolute Gasteiger partial charge is 0.478 e. The second-order valence-corrected chi connectivity index (χ2v) is 5.81. The maximum atomic E-state index is 10.8. The van der Waals surface area contributed by atoms with Gasteiger partial charge in [-0.2, -0.15) is 0 Å². The maximum absolute atomic E-state index is 10.8. The Labute approximate surface area is 122 Å². The Morgan fingerprint density at radius 2 is 2.22 bits per heavy atom. The van der Waals surface area contributed by atoms with Crippen molar-refractivity contribution in [1.82, 2.24) is 0 Å². The standard InChI is InChI=1S/C12H9BrClNO2S/c13-9-3-4-18-11(9)6-15-7-1-2-8(12(16)17)10(14)5-7/h1-5,15H,6H2,(H,16,17). The third-order valence-corrected chi connectivity index (χ3v) is 4.58. The summed E-state index contributed by atoms with van der Waals surface area (Å²) in [5.74, 6) is -1.02. The van der Waals surface area contributed by atoms with Gasteiger partial charge in [0, 0.05) is 15.0 Å². The van der Waals surface area contributed by atoms with E-state index in [2.05, 4.69) is 21.2 Å². The zero-order chi connectivity index (χ0) is 13.1. The van der Waals surface area contributed by atoms with Crippen LogP contribution in [0.1, 0.15) is 15.2 Å². The fourth-order valence-electron chi connectivity index (χ4n) is 1.43. The Morgan fingerprint density at radius 3 is 2.78 bits per heavy atom. The molecule has 0 amide bonds. The molecule has 0 spiro atoms. The average Bonchev–Trinajstić information content (AvgIpc) is 2.72. The summed E-state index contributed by atoms with van der Waals surface area (Å²) in [6.07, 6.45) is 0. The summed E-state index contributed by atoms with van der Waals surface area (Å²) in [5.41, 5.74) is 0.907. The van der Waals surface area contributed by atoms with Gasteiger partial charge in [0.15, 0.2) is 0 Å². The second kappa shape index (κ2) is 5.73. The van der Waals surface area contributed by atoms with Crippen LogP contribution in [0.25, 0.3) is 0 Å². The molecule has 0 saturated carbocycles. The van der Waals surface area contributed by atoms with Crippen molar-refractivity contribution in [1.29, 1.82) is 0 Å². The van der Waals surface area contributed by atoms with Crippen molar-refractivity contribution in [3.8, 4) is 0 Å². The SMILES string of the molecule is O=C(O)c1ccc(NCc2sccc2Br)cc1Cl. The molecule has 2 N–H and O–H groups in total. The smallest absolute Gasteiger partial charge is 0.337 e. The summed E-state index contributed by atoms with van der Waals surface area (Å²) in [6.45, 7) is 0.668. The molecule has 0 aliphatic heterocycles. The number of hydrogen-bond acceptors (Lipinski definition) is 3.